The fourth-order valence-electron chi connectivity index (χ4n) is 4.43. The summed E-state index contributed by atoms with van der Waals surface area (Å²) in [6.07, 6.45) is 1.76. The van der Waals surface area contributed by atoms with E-state index in [1.54, 1.807) is 21.1 Å². The molecule has 0 atom stereocenters. The topological polar surface area (TPSA) is 51.2 Å². The van der Waals surface area contributed by atoms with Crippen LogP contribution in [-0.2, 0) is 17.9 Å². The number of carbonyl (C=O) groups excluding carboxylic acids is 1. The number of amides is 1. The monoisotopic (exact) mass is 410 g/mol. The molecule has 4 rings (SSSR count). The van der Waals surface area contributed by atoms with Crippen molar-refractivity contribution in [2.75, 3.05) is 33.9 Å². The Morgan fingerprint density at radius 3 is 2.37 bits per heavy atom. The van der Waals surface area contributed by atoms with Crippen LogP contribution in [0.5, 0.6) is 17.2 Å². The molecule has 0 aromatic heterocycles. The molecular formula is C24H30N2O4. The van der Waals surface area contributed by atoms with Gasteiger partial charge in [0.2, 0.25) is 5.91 Å². The number of likely N-dealkylation sites (tertiary alicyclic amines) is 1. The number of methoxy groups -OCH3 is 2. The maximum atomic E-state index is 12.2. The predicted octanol–water partition coefficient (Wildman–Crippen LogP) is 3.48. The highest BCUT2D eigenvalue weighted by Gasteiger charge is 2.41. The van der Waals surface area contributed by atoms with E-state index in [9.17, 15) is 4.79 Å². The van der Waals surface area contributed by atoms with E-state index in [1.165, 1.54) is 5.56 Å². The second-order valence-electron chi connectivity index (χ2n) is 8.26. The SMILES string of the molecule is COc1cc(CN2CCC3(CC2)CN(C(C)=O)Cc2ccccc2O3)cc(OC)c1. The Bertz CT molecular complexity index is 884. The van der Waals surface area contributed by atoms with Gasteiger partial charge in [0.1, 0.15) is 22.8 Å². The standard InChI is InChI=1S/C24H30N2O4/c1-18(27)26-16-20-6-4-5-7-23(20)30-24(17-26)8-10-25(11-9-24)15-19-12-21(28-2)14-22(13-19)29-3/h4-7,12-14H,8-11,15-17H2,1-3H3. The van der Waals surface area contributed by atoms with E-state index in [1.807, 2.05) is 29.2 Å². The highest BCUT2D eigenvalue weighted by atomic mass is 16.5. The molecular weight excluding hydrogens is 380 g/mol. The summed E-state index contributed by atoms with van der Waals surface area (Å²) in [5, 5.41) is 0. The van der Waals surface area contributed by atoms with Gasteiger partial charge >= 0.3 is 0 Å². The molecule has 0 radical (unpaired) electrons. The first-order chi connectivity index (χ1) is 14.5. The fourth-order valence-corrected chi connectivity index (χ4v) is 4.43. The van der Waals surface area contributed by atoms with Crippen LogP contribution in [0.2, 0.25) is 0 Å². The highest BCUT2D eigenvalue weighted by molar-refractivity contribution is 5.73. The zero-order chi connectivity index (χ0) is 21.1. The summed E-state index contributed by atoms with van der Waals surface area (Å²) >= 11 is 0. The van der Waals surface area contributed by atoms with Gasteiger partial charge in [-0.3, -0.25) is 9.69 Å². The molecule has 1 fully saturated rings. The number of hydrogen-bond donors (Lipinski definition) is 0. The Labute approximate surface area is 178 Å². The molecule has 30 heavy (non-hydrogen) atoms. The van der Waals surface area contributed by atoms with Gasteiger partial charge in [-0.2, -0.15) is 0 Å². The third-order valence-electron chi connectivity index (χ3n) is 6.17. The smallest absolute Gasteiger partial charge is 0.219 e. The molecule has 2 aromatic carbocycles. The molecule has 0 unspecified atom stereocenters. The molecule has 1 saturated heterocycles. The van der Waals surface area contributed by atoms with E-state index >= 15 is 0 Å². The van der Waals surface area contributed by atoms with Crippen LogP contribution >= 0.6 is 0 Å². The Morgan fingerprint density at radius 1 is 1.07 bits per heavy atom. The van der Waals surface area contributed by atoms with Gasteiger partial charge in [0.15, 0.2) is 0 Å². The van der Waals surface area contributed by atoms with Crippen molar-refractivity contribution in [1.82, 2.24) is 9.80 Å². The van der Waals surface area contributed by atoms with Gasteiger partial charge in [0.25, 0.3) is 0 Å². The lowest BCUT2D eigenvalue weighted by molar-refractivity contribution is -0.132. The van der Waals surface area contributed by atoms with Crippen LogP contribution in [0, 0.1) is 0 Å². The zero-order valence-electron chi connectivity index (χ0n) is 18.0. The Hall–Kier alpha value is -2.73. The molecule has 6 heteroatoms. The van der Waals surface area contributed by atoms with Crippen molar-refractivity contribution < 1.29 is 19.0 Å². The number of ether oxygens (including phenoxy) is 3. The Morgan fingerprint density at radius 2 is 1.73 bits per heavy atom. The van der Waals surface area contributed by atoms with E-state index in [4.69, 9.17) is 14.2 Å². The lowest BCUT2D eigenvalue weighted by atomic mass is 9.90. The second-order valence-corrected chi connectivity index (χ2v) is 8.26. The molecule has 0 N–H and O–H groups in total. The van der Waals surface area contributed by atoms with Crippen LogP contribution in [0.25, 0.3) is 0 Å². The molecule has 2 aromatic rings. The predicted molar refractivity (Wildman–Crippen MR) is 115 cm³/mol. The van der Waals surface area contributed by atoms with Crippen molar-refractivity contribution in [2.45, 2.75) is 38.5 Å². The Kier molecular flexibility index (Phi) is 5.86. The number of piperidine rings is 1. The van der Waals surface area contributed by atoms with Gasteiger partial charge in [0, 0.05) is 57.6 Å². The van der Waals surface area contributed by atoms with Gasteiger partial charge in [-0.15, -0.1) is 0 Å². The van der Waals surface area contributed by atoms with E-state index in [0.29, 0.717) is 13.1 Å². The molecule has 160 valence electrons. The minimum absolute atomic E-state index is 0.0978. The van der Waals surface area contributed by atoms with Crippen molar-refractivity contribution in [2.24, 2.45) is 0 Å². The van der Waals surface area contributed by atoms with Gasteiger partial charge in [-0.05, 0) is 23.8 Å². The van der Waals surface area contributed by atoms with Crippen molar-refractivity contribution in [3.8, 4) is 17.2 Å². The van der Waals surface area contributed by atoms with E-state index in [0.717, 1.165) is 55.3 Å². The first kappa shape index (κ1) is 20.5. The molecule has 0 saturated carbocycles. The summed E-state index contributed by atoms with van der Waals surface area (Å²) in [5.74, 6) is 2.62. The molecule has 1 spiro atoms. The third-order valence-corrected chi connectivity index (χ3v) is 6.17. The maximum Gasteiger partial charge on any atom is 0.219 e. The minimum atomic E-state index is -0.332. The first-order valence-corrected chi connectivity index (χ1v) is 10.5. The number of carbonyl (C=O) groups is 1. The number of fused-ring (bicyclic) bond motifs is 1. The number of para-hydroxylation sites is 1. The maximum absolute atomic E-state index is 12.2. The van der Waals surface area contributed by atoms with Gasteiger partial charge in [-0.1, -0.05) is 18.2 Å². The lowest BCUT2D eigenvalue weighted by Gasteiger charge is -2.42. The summed E-state index contributed by atoms with van der Waals surface area (Å²) < 4.78 is 17.4. The highest BCUT2D eigenvalue weighted by Crippen LogP contribution is 2.36. The molecule has 0 aliphatic carbocycles. The summed E-state index contributed by atoms with van der Waals surface area (Å²) in [6, 6.07) is 14.1. The summed E-state index contributed by atoms with van der Waals surface area (Å²) in [4.78, 5) is 16.6. The molecule has 2 aliphatic heterocycles. The van der Waals surface area contributed by atoms with E-state index in [2.05, 4.69) is 23.1 Å². The molecule has 2 aliphatic rings. The molecule has 1 amide bonds. The molecule has 6 nitrogen and oxygen atoms in total. The van der Waals surface area contributed by atoms with Gasteiger partial charge in [0.05, 0.1) is 20.8 Å². The van der Waals surface area contributed by atoms with Crippen molar-refractivity contribution in [3.63, 3.8) is 0 Å². The van der Waals surface area contributed by atoms with Crippen LogP contribution in [0.1, 0.15) is 30.9 Å². The normalized spacial score (nSPS) is 18.3. The van der Waals surface area contributed by atoms with Crippen LogP contribution < -0.4 is 14.2 Å². The number of hydrogen-bond acceptors (Lipinski definition) is 5. The van der Waals surface area contributed by atoms with Crippen molar-refractivity contribution in [1.29, 1.82) is 0 Å². The van der Waals surface area contributed by atoms with Crippen molar-refractivity contribution >= 4 is 5.91 Å². The fraction of sp³-hybridized carbons (Fsp3) is 0.458. The van der Waals surface area contributed by atoms with Crippen LogP contribution in [0.4, 0.5) is 0 Å². The third kappa shape index (κ3) is 4.38. The molecule has 0 bridgehead atoms. The van der Waals surface area contributed by atoms with Gasteiger partial charge in [-0.25, -0.2) is 0 Å². The van der Waals surface area contributed by atoms with Crippen LogP contribution in [0.3, 0.4) is 0 Å². The Balaban J connectivity index is 1.48. The van der Waals surface area contributed by atoms with Crippen molar-refractivity contribution in [3.05, 3.63) is 53.6 Å². The zero-order valence-corrected chi connectivity index (χ0v) is 18.0. The number of benzene rings is 2. The second kappa shape index (κ2) is 8.56. The summed E-state index contributed by atoms with van der Waals surface area (Å²) in [6.45, 7) is 5.54. The van der Waals surface area contributed by atoms with Gasteiger partial charge < -0.3 is 19.1 Å². The summed E-state index contributed by atoms with van der Waals surface area (Å²) in [5.41, 5.74) is 1.91. The quantitative estimate of drug-likeness (QED) is 0.773. The van der Waals surface area contributed by atoms with E-state index < -0.39 is 0 Å². The largest absolute Gasteiger partial charge is 0.497 e. The number of rotatable bonds is 4. The first-order valence-electron chi connectivity index (χ1n) is 10.5. The number of nitrogens with zero attached hydrogens (tertiary/aromatic N) is 2. The minimum Gasteiger partial charge on any atom is -0.497 e. The summed E-state index contributed by atoms with van der Waals surface area (Å²) in [7, 11) is 3.34. The average Bonchev–Trinajstić information content (AvgIpc) is 2.92. The van der Waals surface area contributed by atoms with E-state index in [-0.39, 0.29) is 11.5 Å². The molecule has 2 heterocycles. The average molecular weight is 411 g/mol. The lowest BCUT2D eigenvalue weighted by Crippen LogP contribution is -2.53. The van der Waals surface area contributed by atoms with Crippen LogP contribution in [-0.4, -0.2) is 55.2 Å². The van der Waals surface area contributed by atoms with Crippen LogP contribution in [0.15, 0.2) is 42.5 Å².